The Labute approximate surface area is 367 Å². The van der Waals surface area contributed by atoms with Gasteiger partial charge in [0.2, 0.25) is 5.69 Å². The van der Waals surface area contributed by atoms with Gasteiger partial charge in [-0.1, -0.05) is 121 Å². The fourth-order valence-electron chi connectivity index (χ4n) is 7.78. The van der Waals surface area contributed by atoms with E-state index in [4.69, 9.17) is 14.7 Å². The first-order valence-electron chi connectivity index (χ1n) is 20.3. The van der Waals surface area contributed by atoms with Crippen molar-refractivity contribution in [1.82, 2.24) is 23.7 Å². The molecule has 9 rings (SSSR count). The van der Waals surface area contributed by atoms with E-state index in [1.807, 2.05) is 48.8 Å². The summed E-state index contributed by atoms with van der Waals surface area (Å²) in [5, 5.41) is 2.22. The maximum Gasteiger partial charge on any atom is 2.00 e. The Morgan fingerprint density at radius 1 is 0.583 bits per heavy atom. The molecule has 60 heavy (non-hydrogen) atoms. The molecule has 0 fully saturated rings. The molecular weight excluding hydrogens is 918 g/mol. The predicted molar refractivity (Wildman–Crippen MR) is 243 cm³/mol. The van der Waals surface area contributed by atoms with E-state index < -0.39 is 0 Å². The number of benzene rings is 5. The number of rotatable bonds is 6. The molecule has 1 aliphatic heterocycles. The van der Waals surface area contributed by atoms with Crippen LogP contribution in [0.1, 0.15) is 79.0 Å². The SMILES string of the molecule is CC(C)(C)c1cc([N+]2=C=[N+](c3[c-]c(Oc4[c-]c5c(cc4)c4ccccc4n5-c4cc(C(C)(C)C)ccn4)ccc3)c3cccc(-c4ccccn4)c32)cc(C(C)(C)C)c1.[Pt+2]. The number of fused-ring (bicyclic) bond motifs is 4. The minimum atomic E-state index is -0.0560. The topological polar surface area (TPSA) is 46.0 Å². The van der Waals surface area contributed by atoms with Gasteiger partial charge in [0.15, 0.2) is 0 Å². The van der Waals surface area contributed by atoms with E-state index in [2.05, 4.69) is 179 Å². The van der Waals surface area contributed by atoms with Crippen molar-refractivity contribution in [3.63, 3.8) is 0 Å². The maximum absolute atomic E-state index is 6.63. The van der Waals surface area contributed by atoms with Crippen LogP contribution in [0.25, 0.3) is 38.9 Å². The van der Waals surface area contributed by atoms with Crippen LogP contribution in [0, 0.1) is 12.1 Å². The molecule has 0 radical (unpaired) electrons. The maximum atomic E-state index is 6.63. The number of para-hydroxylation sites is 2. The largest absolute Gasteiger partial charge is 2.00 e. The smallest absolute Gasteiger partial charge is 0.509 e. The monoisotopic (exact) mass is 966 g/mol. The van der Waals surface area contributed by atoms with Gasteiger partial charge in [-0.3, -0.25) is 4.98 Å². The Kier molecular flexibility index (Phi) is 10.4. The predicted octanol–water partition coefficient (Wildman–Crippen LogP) is 13.4. The van der Waals surface area contributed by atoms with Gasteiger partial charge >= 0.3 is 32.8 Å². The summed E-state index contributed by atoms with van der Waals surface area (Å²) in [4.78, 5) is 9.64. The van der Waals surface area contributed by atoms with Crippen molar-refractivity contribution < 1.29 is 25.8 Å². The zero-order valence-electron chi connectivity index (χ0n) is 35.7. The molecule has 1 aliphatic rings. The van der Waals surface area contributed by atoms with Gasteiger partial charge in [0, 0.05) is 47.6 Å². The molecule has 6 nitrogen and oxygen atoms in total. The summed E-state index contributed by atoms with van der Waals surface area (Å²) in [5.41, 5.74) is 11.3. The number of aromatic nitrogens is 3. The van der Waals surface area contributed by atoms with Crippen molar-refractivity contribution in [2.75, 3.05) is 0 Å². The second-order valence-corrected chi connectivity index (χ2v) is 18.5. The third-order valence-corrected chi connectivity index (χ3v) is 11.1. The Balaban J connectivity index is 0.00000499. The summed E-state index contributed by atoms with van der Waals surface area (Å²) in [6.07, 6.45) is 3.74. The molecular formula is C53H49N5OPt+2. The molecule has 300 valence electrons. The second-order valence-electron chi connectivity index (χ2n) is 18.5. The van der Waals surface area contributed by atoms with Crippen LogP contribution < -0.4 is 13.9 Å². The molecule has 0 spiro atoms. The van der Waals surface area contributed by atoms with Crippen LogP contribution in [-0.4, -0.2) is 20.5 Å². The molecule has 0 aliphatic carbocycles. The van der Waals surface area contributed by atoms with Crippen molar-refractivity contribution in [1.29, 1.82) is 0 Å². The van der Waals surface area contributed by atoms with E-state index in [1.165, 1.54) is 16.7 Å². The summed E-state index contributed by atoms with van der Waals surface area (Å²) in [5.74, 6) is 2.01. The number of nitrogens with zero attached hydrogens (tertiary/aromatic N) is 5. The minimum absolute atomic E-state index is 0. The fraction of sp³-hybridized carbons (Fsp3) is 0.226. The van der Waals surface area contributed by atoms with Gasteiger partial charge in [-0.05, 0) is 79.3 Å². The molecule has 3 aromatic heterocycles. The molecule has 7 heteroatoms. The first kappa shape index (κ1) is 40.8. The first-order chi connectivity index (χ1) is 28.1. The number of pyridine rings is 2. The molecule has 5 aromatic carbocycles. The summed E-state index contributed by atoms with van der Waals surface area (Å²) >= 11 is 0. The molecule has 4 heterocycles. The molecule has 0 atom stereocenters. The Bertz CT molecular complexity index is 2980. The normalized spacial score (nSPS) is 12.9. The molecule has 0 saturated carbocycles. The van der Waals surface area contributed by atoms with Crippen LogP contribution in [0.3, 0.4) is 0 Å². The van der Waals surface area contributed by atoms with E-state index in [0.29, 0.717) is 11.5 Å². The summed E-state index contributed by atoms with van der Waals surface area (Å²) in [6.45, 7) is 20.3. The molecule has 0 saturated heterocycles. The number of hydrogen-bond acceptors (Lipinski definition) is 3. The molecule has 8 aromatic rings. The van der Waals surface area contributed by atoms with Gasteiger partial charge in [-0.15, -0.1) is 23.6 Å². The zero-order valence-corrected chi connectivity index (χ0v) is 37.9. The van der Waals surface area contributed by atoms with Crippen molar-refractivity contribution in [3.8, 4) is 28.6 Å². The van der Waals surface area contributed by atoms with Crippen LogP contribution in [0.15, 0.2) is 134 Å². The number of ether oxygens (including phenoxy) is 1. The Hall–Kier alpha value is -5.93. The average molecular weight is 967 g/mol. The summed E-state index contributed by atoms with van der Waals surface area (Å²) < 4.78 is 13.1. The van der Waals surface area contributed by atoms with Crippen LogP contribution >= 0.6 is 0 Å². The van der Waals surface area contributed by atoms with Crippen molar-refractivity contribution >= 4 is 50.6 Å². The zero-order chi connectivity index (χ0) is 41.3. The van der Waals surface area contributed by atoms with E-state index in [1.54, 1.807) is 0 Å². The fourth-order valence-corrected chi connectivity index (χ4v) is 7.78. The minimum Gasteiger partial charge on any atom is -0.509 e. The first-order valence-corrected chi connectivity index (χ1v) is 20.3. The third-order valence-electron chi connectivity index (χ3n) is 11.1. The van der Waals surface area contributed by atoms with Crippen LogP contribution in [-0.2, 0) is 37.3 Å². The van der Waals surface area contributed by atoms with Gasteiger partial charge in [-0.25, -0.2) is 4.98 Å². The van der Waals surface area contributed by atoms with Crippen molar-refractivity contribution in [3.05, 3.63) is 163 Å². The van der Waals surface area contributed by atoms with Crippen LogP contribution in [0.2, 0.25) is 0 Å². The van der Waals surface area contributed by atoms with Crippen molar-refractivity contribution in [2.45, 2.75) is 78.6 Å². The van der Waals surface area contributed by atoms with E-state index in [-0.39, 0.29) is 37.3 Å². The second kappa shape index (κ2) is 15.3. The Morgan fingerprint density at radius 2 is 1.28 bits per heavy atom. The van der Waals surface area contributed by atoms with Gasteiger partial charge < -0.3 is 9.30 Å². The van der Waals surface area contributed by atoms with Gasteiger partial charge in [0.25, 0.3) is 5.69 Å². The molecule has 0 N–H and O–H groups in total. The van der Waals surface area contributed by atoms with E-state index >= 15 is 0 Å². The quantitative estimate of drug-likeness (QED) is 0.123. The average Bonchev–Trinajstić information content (AvgIpc) is 3.77. The van der Waals surface area contributed by atoms with E-state index in [9.17, 15) is 0 Å². The van der Waals surface area contributed by atoms with Gasteiger partial charge in [0.05, 0.1) is 11.3 Å². The van der Waals surface area contributed by atoms with Crippen LogP contribution in [0.4, 0.5) is 22.7 Å². The molecule has 0 bridgehead atoms. The van der Waals surface area contributed by atoms with E-state index in [0.717, 1.165) is 61.6 Å². The number of hydrogen-bond donors (Lipinski definition) is 0. The standard InChI is InChI=1S/C53H49N5O.Pt/c1-51(2,3)35-25-27-55-49(31-35)58-46-21-11-10-18-42(46)43-24-23-41(33-48(43)58)59-40-17-14-16-38(32-40)56-34-57(39-29-36(52(4,5)6)28-37(30-39)53(7,8)9)50-44(19-15-22-47(50)56)45-20-12-13-26-54-45;/h10-31H,1-9H3;/q;+2. The third kappa shape index (κ3) is 7.55. The molecule has 0 amide bonds. The van der Waals surface area contributed by atoms with Crippen molar-refractivity contribution in [2.24, 2.45) is 0 Å². The van der Waals surface area contributed by atoms with Gasteiger partial charge in [-0.2, -0.15) is 12.1 Å². The summed E-state index contributed by atoms with van der Waals surface area (Å²) in [7, 11) is 0. The van der Waals surface area contributed by atoms with Crippen LogP contribution in [0.5, 0.6) is 11.5 Å². The summed E-state index contributed by atoms with van der Waals surface area (Å²) in [6, 6.07) is 53.1. The molecule has 0 unspecified atom stereocenters. The van der Waals surface area contributed by atoms with Gasteiger partial charge in [0.1, 0.15) is 11.5 Å². The Morgan fingerprint density at radius 3 is 2.00 bits per heavy atom.